The highest BCUT2D eigenvalue weighted by atomic mass is 79.9. The first-order valence-corrected chi connectivity index (χ1v) is 10.3. The van der Waals surface area contributed by atoms with Gasteiger partial charge in [-0.05, 0) is 73.5 Å². The minimum absolute atomic E-state index is 0.237. The molecule has 0 aliphatic heterocycles. The quantitative estimate of drug-likeness (QED) is 0.629. The number of ether oxygens (including phenoxy) is 1. The van der Waals surface area contributed by atoms with Crippen LogP contribution in [0.5, 0.6) is 0 Å². The largest absolute Gasteiger partial charge is 0.444 e. The van der Waals surface area contributed by atoms with Gasteiger partial charge in [-0.25, -0.2) is 14.2 Å². The van der Waals surface area contributed by atoms with Crippen LogP contribution >= 0.6 is 15.9 Å². The second kappa shape index (κ2) is 7.78. The number of hydrogen-bond donors (Lipinski definition) is 2. The van der Waals surface area contributed by atoms with Crippen LogP contribution in [0.2, 0.25) is 0 Å². The maximum atomic E-state index is 14.4. The molecule has 2 N–H and O–H groups in total. The molecule has 5 nitrogen and oxygen atoms in total. The summed E-state index contributed by atoms with van der Waals surface area (Å²) < 4.78 is 20.2. The van der Waals surface area contributed by atoms with Crippen molar-refractivity contribution in [2.24, 2.45) is 11.8 Å². The summed E-state index contributed by atoms with van der Waals surface area (Å²) in [5.41, 5.74) is 0.311. The van der Waals surface area contributed by atoms with Crippen molar-refractivity contribution in [3.63, 3.8) is 0 Å². The summed E-state index contributed by atoms with van der Waals surface area (Å²) in [4.78, 5) is 20.1. The van der Waals surface area contributed by atoms with E-state index < -0.39 is 17.5 Å². The number of alkyl carbamates (subject to hydrolysis) is 1. The monoisotopic (exact) mass is 439 g/mol. The van der Waals surface area contributed by atoms with Crippen LogP contribution in [0, 0.1) is 17.7 Å². The lowest BCUT2D eigenvalue weighted by Gasteiger charge is -2.32. The highest BCUT2D eigenvalue weighted by Crippen LogP contribution is 2.37. The predicted octanol–water partition coefficient (Wildman–Crippen LogP) is 5.86. The maximum Gasteiger partial charge on any atom is 0.408 e. The van der Waals surface area contributed by atoms with Crippen molar-refractivity contribution < 1.29 is 13.9 Å². The van der Waals surface area contributed by atoms with Crippen LogP contribution in [0.25, 0.3) is 11.0 Å². The van der Waals surface area contributed by atoms with E-state index in [1.54, 1.807) is 12.1 Å². The molecule has 1 aromatic heterocycles. The number of carbonyl (C=O) groups is 1. The van der Waals surface area contributed by atoms with Gasteiger partial charge in [-0.1, -0.05) is 19.8 Å². The first-order valence-electron chi connectivity index (χ1n) is 9.47. The van der Waals surface area contributed by atoms with E-state index in [9.17, 15) is 9.18 Å². The maximum absolute atomic E-state index is 14.4. The third-order valence-corrected chi connectivity index (χ3v) is 5.68. The van der Waals surface area contributed by atoms with Gasteiger partial charge in [0.2, 0.25) is 0 Å². The second-order valence-electron chi connectivity index (χ2n) is 8.52. The van der Waals surface area contributed by atoms with Gasteiger partial charge in [-0.2, -0.15) is 0 Å². The van der Waals surface area contributed by atoms with Crippen LogP contribution < -0.4 is 5.32 Å². The first-order chi connectivity index (χ1) is 12.6. The fourth-order valence-corrected chi connectivity index (χ4v) is 3.97. The standard InChI is InChI=1S/C20H27BrFN3O2/c1-11-5-7-12(8-6-11)16(25-19(26)27-20(2,3)4)18-23-14-10-9-13(21)15(22)17(14)24-18/h9-12,16H,5-8H2,1-4H3,(H,23,24)(H,25,26)/t11?,12?,16-/m0/s1. The van der Waals surface area contributed by atoms with Crippen molar-refractivity contribution in [3.05, 3.63) is 28.2 Å². The summed E-state index contributed by atoms with van der Waals surface area (Å²) in [6.45, 7) is 7.74. The van der Waals surface area contributed by atoms with E-state index >= 15 is 0 Å². The van der Waals surface area contributed by atoms with Gasteiger partial charge >= 0.3 is 6.09 Å². The minimum atomic E-state index is -0.583. The number of rotatable bonds is 3. The second-order valence-corrected chi connectivity index (χ2v) is 9.38. The Morgan fingerprint density at radius 2 is 2.00 bits per heavy atom. The van der Waals surface area contributed by atoms with E-state index in [-0.39, 0.29) is 17.5 Å². The van der Waals surface area contributed by atoms with Crippen molar-refractivity contribution in [1.82, 2.24) is 15.3 Å². The normalized spacial score (nSPS) is 21.9. The van der Waals surface area contributed by atoms with Crippen molar-refractivity contribution in [1.29, 1.82) is 0 Å². The van der Waals surface area contributed by atoms with Gasteiger partial charge in [0.1, 0.15) is 16.9 Å². The first kappa shape index (κ1) is 20.1. The van der Waals surface area contributed by atoms with Crippen LogP contribution in [-0.4, -0.2) is 21.7 Å². The molecule has 1 atom stereocenters. The van der Waals surface area contributed by atoms with E-state index in [0.717, 1.165) is 25.7 Å². The van der Waals surface area contributed by atoms with Crippen LogP contribution in [0.4, 0.5) is 9.18 Å². The zero-order valence-electron chi connectivity index (χ0n) is 16.2. The van der Waals surface area contributed by atoms with Gasteiger partial charge in [0.05, 0.1) is 16.0 Å². The smallest absolute Gasteiger partial charge is 0.408 e. The molecule has 1 saturated carbocycles. The fourth-order valence-electron chi connectivity index (χ4n) is 3.65. The lowest BCUT2D eigenvalue weighted by atomic mass is 9.79. The number of nitrogens with one attached hydrogen (secondary N) is 2. The van der Waals surface area contributed by atoms with Crippen LogP contribution in [0.15, 0.2) is 16.6 Å². The molecular weight excluding hydrogens is 413 g/mol. The molecular formula is C20H27BrFN3O2. The van der Waals surface area contributed by atoms with Gasteiger partial charge in [-0.15, -0.1) is 0 Å². The average Bonchev–Trinajstić information content (AvgIpc) is 3.00. The van der Waals surface area contributed by atoms with Crippen LogP contribution in [-0.2, 0) is 4.74 Å². The molecule has 1 heterocycles. The Morgan fingerprint density at radius 3 is 2.63 bits per heavy atom. The lowest BCUT2D eigenvalue weighted by Crippen LogP contribution is -2.39. The molecule has 1 aromatic carbocycles. The van der Waals surface area contributed by atoms with Gasteiger partial charge in [0, 0.05) is 0 Å². The summed E-state index contributed by atoms with van der Waals surface area (Å²) in [6, 6.07) is 3.10. The molecule has 0 saturated heterocycles. The van der Waals surface area contributed by atoms with Crippen molar-refractivity contribution >= 4 is 33.1 Å². The van der Waals surface area contributed by atoms with E-state index in [1.165, 1.54) is 0 Å². The number of imidazole rings is 1. The summed E-state index contributed by atoms with van der Waals surface area (Å²) >= 11 is 3.20. The molecule has 1 aliphatic carbocycles. The SMILES string of the molecule is CC1CCC([C@H](NC(=O)OC(C)(C)C)c2nc3c(F)c(Br)ccc3[nH]2)CC1. The average molecular weight is 440 g/mol. The van der Waals surface area contributed by atoms with Gasteiger partial charge in [0.25, 0.3) is 0 Å². The number of H-pyrrole nitrogens is 1. The number of aromatic nitrogens is 2. The fraction of sp³-hybridized carbons (Fsp3) is 0.600. The molecule has 3 rings (SSSR count). The van der Waals surface area contributed by atoms with Gasteiger partial charge < -0.3 is 15.0 Å². The molecule has 1 fully saturated rings. The van der Waals surface area contributed by atoms with E-state index in [4.69, 9.17) is 4.74 Å². The summed E-state index contributed by atoms with van der Waals surface area (Å²) in [5, 5.41) is 2.98. The third kappa shape index (κ3) is 4.81. The highest BCUT2D eigenvalue weighted by Gasteiger charge is 2.32. The van der Waals surface area contributed by atoms with Crippen molar-refractivity contribution in [2.75, 3.05) is 0 Å². The Labute approximate surface area is 167 Å². The number of hydrogen-bond acceptors (Lipinski definition) is 3. The molecule has 1 amide bonds. The number of benzene rings is 1. The summed E-state index contributed by atoms with van der Waals surface area (Å²) in [6.07, 6.45) is 3.72. The number of carbonyl (C=O) groups excluding carboxylic acids is 1. The zero-order valence-corrected chi connectivity index (χ0v) is 17.8. The number of aromatic amines is 1. The topological polar surface area (TPSA) is 67.0 Å². The Kier molecular flexibility index (Phi) is 5.79. The molecule has 27 heavy (non-hydrogen) atoms. The Hall–Kier alpha value is -1.63. The molecule has 1 aliphatic rings. The van der Waals surface area contributed by atoms with E-state index in [1.807, 2.05) is 20.8 Å². The number of nitrogens with zero attached hydrogens (tertiary/aromatic N) is 1. The summed E-state index contributed by atoms with van der Waals surface area (Å²) in [5.74, 6) is 1.10. The summed E-state index contributed by atoms with van der Waals surface area (Å²) in [7, 11) is 0. The Morgan fingerprint density at radius 1 is 1.33 bits per heavy atom. The van der Waals surface area contributed by atoms with E-state index in [0.29, 0.717) is 21.7 Å². The lowest BCUT2D eigenvalue weighted by molar-refractivity contribution is 0.0468. The molecule has 0 spiro atoms. The van der Waals surface area contributed by atoms with Gasteiger partial charge in [0.15, 0.2) is 5.82 Å². The molecule has 0 bridgehead atoms. The Bertz CT molecular complexity index is 822. The predicted molar refractivity (Wildman–Crippen MR) is 107 cm³/mol. The van der Waals surface area contributed by atoms with Crippen molar-refractivity contribution in [3.8, 4) is 0 Å². The molecule has 148 valence electrons. The third-order valence-electron chi connectivity index (χ3n) is 5.06. The molecule has 7 heteroatoms. The van der Waals surface area contributed by atoms with Crippen LogP contribution in [0.1, 0.15) is 65.2 Å². The number of fused-ring (bicyclic) bond motifs is 1. The van der Waals surface area contributed by atoms with Gasteiger partial charge in [-0.3, -0.25) is 0 Å². The minimum Gasteiger partial charge on any atom is -0.444 e. The molecule has 2 aromatic rings. The number of amides is 1. The Balaban J connectivity index is 1.91. The zero-order chi connectivity index (χ0) is 19.8. The number of halogens is 2. The highest BCUT2D eigenvalue weighted by molar-refractivity contribution is 9.10. The van der Waals surface area contributed by atoms with E-state index in [2.05, 4.69) is 38.1 Å². The van der Waals surface area contributed by atoms with Crippen molar-refractivity contribution in [2.45, 2.75) is 65.0 Å². The molecule has 0 unspecified atom stereocenters. The molecule has 0 radical (unpaired) electrons. The van der Waals surface area contributed by atoms with Crippen LogP contribution in [0.3, 0.4) is 0 Å².